The van der Waals surface area contributed by atoms with Gasteiger partial charge < -0.3 is 5.32 Å². The summed E-state index contributed by atoms with van der Waals surface area (Å²) in [6, 6.07) is 5.19. The SMILES string of the molecule is CCc1ccc(F)cc1CC1CCNC1. The molecule has 0 amide bonds. The molecule has 0 saturated carbocycles. The molecule has 1 heterocycles. The van der Waals surface area contributed by atoms with E-state index >= 15 is 0 Å². The number of benzene rings is 1. The van der Waals surface area contributed by atoms with Crippen molar-refractivity contribution in [1.82, 2.24) is 5.32 Å². The molecule has 1 fully saturated rings. The second kappa shape index (κ2) is 4.75. The minimum atomic E-state index is -0.104. The highest BCUT2D eigenvalue weighted by molar-refractivity contribution is 5.28. The number of rotatable bonds is 3. The first-order valence-electron chi connectivity index (χ1n) is 5.77. The maximum atomic E-state index is 13.1. The summed E-state index contributed by atoms with van der Waals surface area (Å²) < 4.78 is 13.1. The Kier molecular flexibility index (Phi) is 3.37. The van der Waals surface area contributed by atoms with Crippen LogP contribution in [-0.2, 0) is 12.8 Å². The quantitative estimate of drug-likeness (QED) is 0.803. The van der Waals surface area contributed by atoms with Crippen molar-refractivity contribution in [2.45, 2.75) is 26.2 Å². The summed E-state index contributed by atoms with van der Waals surface area (Å²) in [4.78, 5) is 0. The molecule has 0 aliphatic carbocycles. The zero-order chi connectivity index (χ0) is 10.7. The second-order valence-electron chi connectivity index (χ2n) is 4.33. The van der Waals surface area contributed by atoms with Gasteiger partial charge in [0.1, 0.15) is 5.82 Å². The molecular formula is C13H18FN. The maximum Gasteiger partial charge on any atom is 0.123 e. The average Bonchev–Trinajstić information content (AvgIpc) is 2.71. The van der Waals surface area contributed by atoms with Gasteiger partial charge in [-0.25, -0.2) is 4.39 Å². The molecule has 1 aliphatic heterocycles. The Bertz CT molecular complexity index is 329. The van der Waals surface area contributed by atoms with Gasteiger partial charge in [-0.3, -0.25) is 0 Å². The zero-order valence-corrected chi connectivity index (χ0v) is 9.22. The predicted octanol–water partition coefficient (Wildman–Crippen LogP) is 2.54. The Hall–Kier alpha value is -0.890. The molecule has 1 aliphatic rings. The van der Waals surface area contributed by atoms with Gasteiger partial charge in [-0.1, -0.05) is 13.0 Å². The van der Waals surface area contributed by atoms with Gasteiger partial charge in [-0.15, -0.1) is 0 Å². The van der Waals surface area contributed by atoms with Crippen molar-refractivity contribution in [1.29, 1.82) is 0 Å². The number of hydrogen-bond donors (Lipinski definition) is 1. The minimum Gasteiger partial charge on any atom is -0.316 e. The number of hydrogen-bond acceptors (Lipinski definition) is 1. The molecule has 82 valence electrons. The fraction of sp³-hybridized carbons (Fsp3) is 0.538. The van der Waals surface area contributed by atoms with E-state index in [0.717, 1.165) is 25.9 Å². The number of nitrogens with one attached hydrogen (secondary N) is 1. The van der Waals surface area contributed by atoms with E-state index < -0.39 is 0 Å². The van der Waals surface area contributed by atoms with E-state index in [1.165, 1.54) is 17.5 Å². The van der Waals surface area contributed by atoms with Crippen LogP contribution in [0.1, 0.15) is 24.5 Å². The Labute approximate surface area is 90.7 Å². The highest BCUT2D eigenvalue weighted by Crippen LogP contribution is 2.19. The molecule has 0 spiro atoms. The summed E-state index contributed by atoms with van der Waals surface area (Å²) in [7, 11) is 0. The number of aryl methyl sites for hydroxylation is 1. The summed E-state index contributed by atoms with van der Waals surface area (Å²) in [5.74, 6) is 0.588. The van der Waals surface area contributed by atoms with Crippen molar-refractivity contribution < 1.29 is 4.39 Å². The fourth-order valence-electron chi connectivity index (χ4n) is 2.33. The van der Waals surface area contributed by atoms with Gasteiger partial charge in [-0.05, 0) is 61.5 Å². The van der Waals surface area contributed by atoms with Crippen LogP contribution in [0.5, 0.6) is 0 Å². The average molecular weight is 207 g/mol. The van der Waals surface area contributed by atoms with Crippen molar-refractivity contribution in [2.75, 3.05) is 13.1 Å². The minimum absolute atomic E-state index is 0.104. The van der Waals surface area contributed by atoms with Gasteiger partial charge in [0.25, 0.3) is 0 Å². The lowest BCUT2D eigenvalue weighted by molar-refractivity contribution is 0.570. The monoisotopic (exact) mass is 207 g/mol. The van der Waals surface area contributed by atoms with E-state index in [0.29, 0.717) is 5.92 Å². The molecule has 0 bridgehead atoms. The van der Waals surface area contributed by atoms with Crippen LogP contribution in [0.2, 0.25) is 0 Å². The topological polar surface area (TPSA) is 12.0 Å². The molecule has 0 aromatic heterocycles. The summed E-state index contributed by atoms with van der Waals surface area (Å²) in [5.41, 5.74) is 2.49. The lowest BCUT2D eigenvalue weighted by Gasteiger charge is -2.12. The van der Waals surface area contributed by atoms with Crippen LogP contribution in [0.25, 0.3) is 0 Å². The molecule has 2 rings (SSSR count). The lowest BCUT2D eigenvalue weighted by Crippen LogP contribution is -2.11. The van der Waals surface area contributed by atoms with Crippen LogP contribution in [0.15, 0.2) is 18.2 Å². The highest BCUT2D eigenvalue weighted by atomic mass is 19.1. The van der Waals surface area contributed by atoms with Gasteiger partial charge in [-0.2, -0.15) is 0 Å². The Balaban J connectivity index is 2.14. The Morgan fingerprint density at radius 2 is 2.27 bits per heavy atom. The van der Waals surface area contributed by atoms with E-state index in [-0.39, 0.29) is 5.82 Å². The van der Waals surface area contributed by atoms with E-state index in [4.69, 9.17) is 0 Å². The zero-order valence-electron chi connectivity index (χ0n) is 9.22. The Morgan fingerprint density at radius 3 is 2.93 bits per heavy atom. The second-order valence-corrected chi connectivity index (χ2v) is 4.33. The molecule has 2 heteroatoms. The first-order chi connectivity index (χ1) is 7.29. The van der Waals surface area contributed by atoms with E-state index in [1.54, 1.807) is 12.1 Å². The summed E-state index contributed by atoms with van der Waals surface area (Å²) in [5, 5.41) is 3.35. The van der Waals surface area contributed by atoms with Crippen LogP contribution in [0.3, 0.4) is 0 Å². The molecule has 0 radical (unpaired) electrons. The number of halogens is 1. The van der Waals surface area contributed by atoms with Crippen molar-refractivity contribution in [3.63, 3.8) is 0 Å². The fourth-order valence-corrected chi connectivity index (χ4v) is 2.33. The van der Waals surface area contributed by atoms with Crippen molar-refractivity contribution in [3.05, 3.63) is 35.1 Å². The van der Waals surface area contributed by atoms with Gasteiger partial charge in [0.05, 0.1) is 0 Å². The largest absolute Gasteiger partial charge is 0.316 e. The molecule has 1 N–H and O–H groups in total. The van der Waals surface area contributed by atoms with Crippen molar-refractivity contribution >= 4 is 0 Å². The lowest BCUT2D eigenvalue weighted by atomic mass is 9.94. The Morgan fingerprint density at radius 1 is 1.40 bits per heavy atom. The van der Waals surface area contributed by atoms with Crippen molar-refractivity contribution in [3.8, 4) is 0 Å². The molecule has 1 unspecified atom stereocenters. The first kappa shape index (κ1) is 10.6. The first-order valence-corrected chi connectivity index (χ1v) is 5.77. The molecule has 1 atom stereocenters. The normalized spacial score (nSPS) is 20.8. The third kappa shape index (κ3) is 2.57. The molecule has 1 nitrogen and oxygen atoms in total. The van der Waals surface area contributed by atoms with E-state index in [9.17, 15) is 4.39 Å². The van der Waals surface area contributed by atoms with Crippen LogP contribution in [0.4, 0.5) is 4.39 Å². The highest BCUT2D eigenvalue weighted by Gasteiger charge is 2.16. The third-order valence-electron chi connectivity index (χ3n) is 3.22. The molecular weight excluding hydrogens is 189 g/mol. The van der Waals surface area contributed by atoms with Gasteiger partial charge in [0, 0.05) is 0 Å². The maximum absolute atomic E-state index is 13.1. The smallest absolute Gasteiger partial charge is 0.123 e. The van der Waals surface area contributed by atoms with Crippen molar-refractivity contribution in [2.24, 2.45) is 5.92 Å². The van der Waals surface area contributed by atoms with Crippen LogP contribution >= 0.6 is 0 Å². The summed E-state index contributed by atoms with van der Waals surface area (Å²) in [6.45, 7) is 4.32. The molecule has 1 aromatic rings. The van der Waals surface area contributed by atoms with Crippen LogP contribution in [-0.4, -0.2) is 13.1 Å². The van der Waals surface area contributed by atoms with Crippen LogP contribution < -0.4 is 5.32 Å². The van der Waals surface area contributed by atoms with Gasteiger partial charge >= 0.3 is 0 Å². The molecule has 1 saturated heterocycles. The standard InChI is InChI=1S/C13H18FN/c1-2-11-3-4-13(14)8-12(11)7-10-5-6-15-9-10/h3-4,8,10,15H,2,5-7,9H2,1H3. The van der Waals surface area contributed by atoms with Crippen LogP contribution in [0, 0.1) is 11.7 Å². The summed E-state index contributed by atoms with van der Waals surface area (Å²) >= 11 is 0. The van der Waals surface area contributed by atoms with E-state index in [1.807, 2.05) is 6.07 Å². The predicted molar refractivity (Wildman–Crippen MR) is 60.5 cm³/mol. The van der Waals surface area contributed by atoms with Gasteiger partial charge in [0.15, 0.2) is 0 Å². The molecule has 15 heavy (non-hydrogen) atoms. The van der Waals surface area contributed by atoms with Gasteiger partial charge in [0.2, 0.25) is 0 Å². The third-order valence-corrected chi connectivity index (χ3v) is 3.22. The summed E-state index contributed by atoms with van der Waals surface area (Å²) in [6.07, 6.45) is 3.24. The van der Waals surface area contributed by atoms with E-state index in [2.05, 4.69) is 12.2 Å². The molecule has 1 aromatic carbocycles.